The second-order valence-corrected chi connectivity index (χ2v) is 10.7. The lowest BCUT2D eigenvalue weighted by atomic mass is 9.98. The lowest BCUT2D eigenvalue weighted by Gasteiger charge is -2.14. The average molecular weight is 608 g/mol. The van der Waals surface area contributed by atoms with Crippen LogP contribution >= 0.6 is 0 Å². The van der Waals surface area contributed by atoms with Crippen LogP contribution in [0.4, 0.5) is 13.2 Å². The van der Waals surface area contributed by atoms with Crippen LogP contribution < -0.4 is 14.0 Å². The number of hydrogen-bond acceptors (Lipinski definition) is 5. The Labute approximate surface area is 248 Å². The highest BCUT2D eigenvalue weighted by Gasteiger charge is 2.37. The molecule has 0 radical (unpaired) electrons. The van der Waals surface area contributed by atoms with E-state index < -0.39 is 15.6 Å². The first-order valence-electron chi connectivity index (χ1n) is 13.0. The molecule has 1 heterocycles. The summed E-state index contributed by atoms with van der Waals surface area (Å²) in [6.07, 6.45) is 0. The lowest BCUT2D eigenvalue weighted by Crippen LogP contribution is -2.39. The second-order valence-electron chi connectivity index (χ2n) is 9.31. The Hall–Kier alpha value is -4.67. The maximum atomic E-state index is 10.7. The fraction of sp³-hybridized carbons (Fsp3) is 0.121. The van der Waals surface area contributed by atoms with Gasteiger partial charge in [-0.25, -0.2) is 8.42 Å². The van der Waals surface area contributed by atoms with Gasteiger partial charge in [-0.1, -0.05) is 60.7 Å². The quantitative estimate of drug-likeness (QED) is 0.112. The smallest absolute Gasteiger partial charge is 0.485 e. The minimum Gasteiger partial charge on any atom is -0.741 e. The molecule has 0 aliphatic carbocycles. The number of hydrogen-bond donors (Lipinski definition) is 0. The Balaban J connectivity index is 0.000000467. The summed E-state index contributed by atoms with van der Waals surface area (Å²) in [6.45, 7) is 0.749. The predicted molar refractivity (Wildman–Crippen MR) is 157 cm³/mol. The van der Waals surface area contributed by atoms with Gasteiger partial charge in [0.2, 0.25) is 11.4 Å². The Morgan fingerprint density at radius 1 is 0.628 bits per heavy atom. The van der Waals surface area contributed by atoms with E-state index in [1.807, 2.05) is 24.3 Å². The summed E-state index contributed by atoms with van der Waals surface area (Å²) in [4.78, 5) is 0. The van der Waals surface area contributed by atoms with Crippen LogP contribution in [0.3, 0.4) is 0 Å². The number of aromatic nitrogens is 1. The lowest BCUT2D eigenvalue weighted by molar-refractivity contribution is -0.666. The first-order chi connectivity index (χ1) is 20.5. The van der Waals surface area contributed by atoms with Crippen LogP contribution in [0.25, 0.3) is 33.6 Å². The average Bonchev–Trinajstić information content (AvgIpc) is 3.01. The van der Waals surface area contributed by atoms with Crippen molar-refractivity contribution in [2.75, 3.05) is 14.2 Å². The zero-order valence-electron chi connectivity index (χ0n) is 23.3. The van der Waals surface area contributed by atoms with Crippen molar-refractivity contribution < 1.29 is 40.2 Å². The molecule has 6 nitrogen and oxygen atoms in total. The van der Waals surface area contributed by atoms with E-state index in [0.29, 0.717) is 0 Å². The number of alkyl halides is 3. The molecule has 0 fully saturated rings. The van der Waals surface area contributed by atoms with Crippen LogP contribution in [0, 0.1) is 0 Å². The standard InChI is InChI=1S/C32H28NO2.CHF3O3S/c1-34-29-17-13-26(14-18-29)31-21-28(25-11-7-4-8-12-25)22-32(27-15-19-30(35-2)20-16-27)33(31)23-24-9-5-3-6-10-24;2-1(3,4)8(5,6)7/h3-22H,23H2,1-2H3;(H,5,6,7)/q+1;/p-1. The minimum absolute atomic E-state index is 0.749. The molecule has 0 amide bonds. The maximum absolute atomic E-state index is 10.7. The van der Waals surface area contributed by atoms with Gasteiger partial charge in [0.1, 0.15) is 11.5 Å². The Morgan fingerprint density at radius 3 is 1.40 bits per heavy atom. The maximum Gasteiger partial charge on any atom is 0.485 e. The fourth-order valence-electron chi connectivity index (χ4n) is 4.36. The van der Waals surface area contributed by atoms with Crippen LogP contribution in [-0.4, -0.2) is 32.7 Å². The van der Waals surface area contributed by atoms with Crippen molar-refractivity contribution in [3.8, 4) is 45.1 Å². The summed E-state index contributed by atoms with van der Waals surface area (Å²) in [6, 6.07) is 42.3. The fourth-order valence-corrected chi connectivity index (χ4v) is 4.36. The molecule has 0 saturated heterocycles. The van der Waals surface area contributed by atoms with E-state index in [-0.39, 0.29) is 0 Å². The monoisotopic (exact) mass is 607 g/mol. The third kappa shape index (κ3) is 8.00. The van der Waals surface area contributed by atoms with Crippen molar-refractivity contribution in [3.63, 3.8) is 0 Å². The Morgan fingerprint density at radius 2 is 1.02 bits per heavy atom. The first-order valence-corrected chi connectivity index (χ1v) is 14.4. The topological polar surface area (TPSA) is 79.5 Å². The summed E-state index contributed by atoms with van der Waals surface area (Å²) in [5.74, 6) is 1.69. The molecule has 0 aliphatic heterocycles. The highest BCUT2D eigenvalue weighted by Crippen LogP contribution is 2.31. The predicted octanol–water partition coefficient (Wildman–Crippen LogP) is 7.09. The van der Waals surface area contributed by atoms with Crippen molar-refractivity contribution in [1.82, 2.24) is 0 Å². The van der Waals surface area contributed by atoms with Crippen LogP contribution in [0.1, 0.15) is 5.56 Å². The Bertz CT molecular complexity index is 1680. The van der Waals surface area contributed by atoms with Gasteiger partial charge in [-0.05, 0) is 59.7 Å². The van der Waals surface area contributed by atoms with E-state index in [2.05, 4.69) is 102 Å². The van der Waals surface area contributed by atoms with E-state index in [1.54, 1.807) is 14.2 Å². The molecule has 0 aliphatic rings. The van der Waals surface area contributed by atoms with Crippen molar-refractivity contribution >= 4 is 10.1 Å². The van der Waals surface area contributed by atoms with Crippen LogP contribution in [-0.2, 0) is 16.7 Å². The van der Waals surface area contributed by atoms with Crippen molar-refractivity contribution in [2.45, 2.75) is 12.1 Å². The molecule has 0 atom stereocenters. The number of halogens is 3. The number of nitrogens with zero attached hydrogens (tertiary/aromatic N) is 1. The molecular formula is C33H28F3NO5S. The molecule has 0 spiro atoms. The van der Waals surface area contributed by atoms with Gasteiger partial charge in [0, 0.05) is 28.8 Å². The molecular weight excluding hydrogens is 579 g/mol. The van der Waals surface area contributed by atoms with Crippen LogP contribution in [0.5, 0.6) is 11.5 Å². The Kier molecular flexibility index (Phi) is 9.84. The molecule has 1 aromatic heterocycles. The third-order valence-corrected chi connectivity index (χ3v) is 7.08. The summed E-state index contributed by atoms with van der Waals surface area (Å²) in [7, 11) is -2.70. The molecule has 5 aromatic rings. The SMILES string of the molecule is COc1ccc(-c2cc(-c3ccccc3)cc(-c3ccc(OC)cc3)[n+]2Cc2ccccc2)cc1.O=S(=O)([O-])C(F)(F)F. The van der Waals surface area contributed by atoms with Gasteiger partial charge < -0.3 is 14.0 Å². The van der Waals surface area contributed by atoms with Gasteiger partial charge in [-0.2, -0.15) is 17.7 Å². The van der Waals surface area contributed by atoms with E-state index in [0.717, 1.165) is 40.6 Å². The molecule has 0 N–H and O–H groups in total. The van der Waals surface area contributed by atoms with Gasteiger partial charge in [-0.15, -0.1) is 0 Å². The molecule has 222 valence electrons. The number of rotatable bonds is 7. The van der Waals surface area contributed by atoms with Crippen molar-refractivity contribution in [2.24, 2.45) is 0 Å². The van der Waals surface area contributed by atoms with Gasteiger partial charge in [0.05, 0.1) is 14.2 Å². The number of methoxy groups -OCH3 is 2. The van der Waals surface area contributed by atoms with Gasteiger partial charge >= 0.3 is 5.51 Å². The zero-order chi connectivity index (χ0) is 31.0. The molecule has 0 unspecified atom stereocenters. The van der Waals surface area contributed by atoms with Gasteiger partial charge in [0.15, 0.2) is 16.7 Å². The largest absolute Gasteiger partial charge is 0.741 e. The van der Waals surface area contributed by atoms with Crippen LogP contribution in [0.15, 0.2) is 121 Å². The highest BCUT2D eigenvalue weighted by molar-refractivity contribution is 7.86. The summed E-state index contributed by atoms with van der Waals surface area (Å²) in [5.41, 5.74) is 2.51. The molecule has 5 rings (SSSR count). The van der Waals surface area contributed by atoms with Crippen LogP contribution in [0.2, 0.25) is 0 Å². The second kappa shape index (κ2) is 13.5. The minimum atomic E-state index is -6.09. The van der Waals surface area contributed by atoms with Crippen molar-refractivity contribution in [3.05, 3.63) is 127 Å². The third-order valence-electron chi connectivity index (χ3n) is 6.51. The number of ether oxygens (including phenoxy) is 2. The van der Waals surface area contributed by atoms with E-state index in [1.165, 1.54) is 16.7 Å². The summed E-state index contributed by atoms with van der Waals surface area (Å²) < 4.78 is 72.1. The zero-order valence-corrected chi connectivity index (χ0v) is 24.1. The summed E-state index contributed by atoms with van der Waals surface area (Å²) >= 11 is 0. The first kappa shape index (κ1) is 31.3. The highest BCUT2D eigenvalue weighted by atomic mass is 32.2. The molecule has 10 heteroatoms. The summed E-state index contributed by atoms with van der Waals surface area (Å²) in [5, 5.41) is 0. The van der Waals surface area contributed by atoms with Gasteiger partial charge in [0.25, 0.3) is 0 Å². The van der Waals surface area contributed by atoms with E-state index in [9.17, 15) is 13.2 Å². The van der Waals surface area contributed by atoms with Gasteiger partial charge in [-0.3, -0.25) is 0 Å². The molecule has 4 aromatic carbocycles. The van der Waals surface area contributed by atoms with E-state index >= 15 is 0 Å². The number of benzene rings is 4. The molecule has 43 heavy (non-hydrogen) atoms. The molecule has 0 bridgehead atoms. The van der Waals surface area contributed by atoms with E-state index in [4.69, 9.17) is 22.4 Å². The van der Waals surface area contributed by atoms with Crippen molar-refractivity contribution in [1.29, 1.82) is 0 Å². The number of pyridine rings is 1. The molecule has 0 saturated carbocycles. The normalized spacial score (nSPS) is 11.3.